The van der Waals surface area contributed by atoms with Crippen LogP contribution in [0.1, 0.15) is 36.2 Å². The summed E-state index contributed by atoms with van der Waals surface area (Å²) in [6.07, 6.45) is 0. The van der Waals surface area contributed by atoms with Crippen molar-refractivity contribution in [2.24, 2.45) is 0 Å². The smallest absolute Gasteiger partial charge is 0.433 e. The summed E-state index contributed by atoms with van der Waals surface area (Å²) in [6.45, 7) is 4.14. The first-order valence-electron chi connectivity index (χ1n) is 7.70. The average molecular weight is 344 g/mol. The summed E-state index contributed by atoms with van der Waals surface area (Å²) >= 11 is 0. The van der Waals surface area contributed by atoms with Gasteiger partial charge in [-0.15, -0.1) is 0 Å². The summed E-state index contributed by atoms with van der Waals surface area (Å²) in [5.74, 6) is -0.0124. The Morgan fingerprint density at radius 3 is 2.80 bits per heavy atom. The molecule has 2 heterocycles. The van der Waals surface area contributed by atoms with Crippen LogP contribution >= 0.6 is 0 Å². The number of furan rings is 2. The maximum atomic E-state index is 12.2. The number of hydrogen-bond donors (Lipinski definition) is 1. The molecule has 1 N–H and O–H groups in total. The Bertz CT molecular complexity index is 926. The number of carbonyl (C=O) groups is 1. The standard InChI is InChI=1S/C17H16N2O6/c1-3-23-12-6-4-5-11-9-14(25-16(11)12)10(2)18-17(20)13-7-8-15(24-13)19(21)22/h4-10H,3H2,1-2H3,(H,18,20). The summed E-state index contributed by atoms with van der Waals surface area (Å²) in [6, 6.07) is 9.30. The highest BCUT2D eigenvalue weighted by Gasteiger charge is 2.21. The number of para-hydroxylation sites is 1. The van der Waals surface area contributed by atoms with Crippen LogP contribution in [0.2, 0.25) is 0 Å². The molecule has 0 aliphatic rings. The third-order valence-electron chi connectivity index (χ3n) is 3.60. The van der Waals surface area contributed by atoms with Crippen LogP contribution < -0.4 is 10.1 Å². The third-order valence-corrected chi connectivity index (χ3v) is 3.60. The SMILES string of the molecule is CCOc1cccc2cc(C(C)NC(=O)c3ccc([N+](=O)[O-])o3)oc12. The molecule has 130 valence electrons. The van der Waals surface area contributed by atoms with E-state index in [0.29, 0.717) is 23.7 Å². The Balaban J connectivity index is 1.79. The lowest BCUT2D eigenvalue weighted by molar-refractivity contribution is -0.402. The topological polar surface area (TPSA) is 108 Å². The van der Waals surface area contributed by atoms with Crippen LogP contribution in [0.15, 0.2) is 45.2 Å². The van der Waals surface area contributed by atoms with E-state index in [1.54, 1.807) is 6.92 Å². The quantitative estimate of drug-likeness (QED) is 0.538. The van der Waals surface area contributed by atoms with Gasteiger partial charge in [0.1, 0.15) is 10.7 Å². The van der Waals surface area contributed by atoms with E-state index in [4.69, 9.17) is 13.6 Å². The Hall–Kier alpha value is -3.29. The Kier molecular flexibility index (Phi) is 4.42. The predicted octanol–water partition coefficient (Wildman–Crippen LogP) is 3.82. The summed E-state index contributed by atoms with van der Waals surface area (Å²) in [7, 11) is 0. The molecule has 0 aliphatic heterocycles. The van der Waals surface area contributed by atoms with Crippen molar-refractivity contribution in [1.29, 1.82) is 0 Å². The van der Waals surface area contributed by atoms with Crippen LogP contribution in [0.4, 0.5) is 5.88 Å². The van der Waals surface area contributed by atoms with Crippen LogP contribution in [0, 0.1) is 10.1 Å². The fraction of sp³-hybridized carbons (Fsp3) is 0.235. The average Bonchev–Trinajstić information content (AvgIpc) is 3.23. The van der Waals surface area contributed by atoms with Gasteiger partial charge in [-0.1, -0.05) is 12.1 Å². The number of nitrogens with zero attached hydrogens (tertiary/aromatic N) is 1. The summed E-state index contributed by atoms with van der Waals surface area (Å²) in [4.78, 5) is 22.1. The van der Waals surface area contributed by atoms with Crippen molar-refractivity contribution in [3.63, 3.8) is 0 Å². The molecule has 0 saturated heterocycles. The minimum atomic E-state index is -0.700. The largest absolute Gasteiger partial charge is 0.490 e. The molecular formula is C17H16N2O6. The van der Waals surface area contributed by atoms with Gasteiger partial charge in [0.05, 0.1) is 18.7 Å². The number of carbonyl (C=O) groups excluding carboxylic acids is 1. The molecule has 0 saturated carbocycles. The van der Waals surface area contributed by atoms with Crippen molar-refractivity contribution >= 4 is 22.8 Å². The number of fused-ring (bicyclic) bond motifs is 1. The van der Waals surface area contributed by atoms with E-state index in [1.165, 1.54) is 6.07 Å². The Morgan fingerprint density at radius 2 is 2.12 bits per heavy atom. The lowest BCUT2D eigenvalue weighted by Gasteiger charge is -2.09. The molecule has 2 aromatic heterocycles. The highest BCUT2D eigenvalue weighted by atomic mass is 16.6. The molecule has 0 fully saturated rings. The molecule has 1 unspecified atom stereocenters. The number of nitro groups is 1. The molecule has 0 bridgehead atoms. The lowest BCUT2D eigenvalue weighted by Crippen LogP contribution is -2.25. The van der Waals surface area contributed by atoms with E-state index in [9.17, 15) is 14.9 Å². The van der Waals surface area contributed by atoms with E-state index in [1.807, 2.05) is 31.2 Å². The highest BCUT2D eigenvalue weighted by molar-refractivity contribution is 5.92. The zero-order chi connectivity index (χ0) is 18.0. The van der Waals surface area contributed by atoms with Gasteiger partial charge in [0.25, 0.3) is 5.91 Å². The molecule has 1 amide bonds. The minimum absolute atomic E-state index is 0.135. The first kappa shape index (κ1) is 16.6. The fourth-order valence-corrected chi connectivity index (χ4v) is 2.43. The van der Waals surface area contributed by atoms with E-state index >= 15 is 0 Å². The van der Waals surface area contributed by atoms with E-state index < -0.39 is 22.8 Å². The maximum Gasteiger partial charge on any atom is 0.433 e. The van der Waals surface area contributed by atoms with Gasteiger partial charge < -0.3 is 18.9 Å². The zero-order valence-corrected chi connectivity index (χ0v) is 13.6. The molecule has 3 rings (SSSR count). The second kappa shape index (κ2) is 6.68. The van der Waals surface area contributed by atoms with Gasteiger partial charge in [-0.2, -0.15) is 0 Å². The number of ether oxygens (including phenoxy) is 1. The Labute approximate surface area is 142 Å². The van der Waals surface area contributed by atoms with E-state index in [0.717, 1.165) is 11.5 Å². The van der Waals surface area contributed by atoms with Gasteiger partial charge in [0, 0.05) is 5.39 Å². The Morgan fingerprint density at radius 1 is 1.32 bits per heavy atom. The van der Waals surface area contributed by atoms with E-state index in [2.05, 4.69) is 5.32 Å². The van der Waals surface area contributed by atoms with Gasteiger partial charge in [-0.3, -0.25) is 14.9 Å². The predicted molar refractivity (Wildman–Crippen MR) is 88.6 cm³/mol. The molecule has 25 heavy (non-hydrogen) atoms. The molecule has 1 aromatic carbocycles. The van der Waals surface area contributed by atoms with Crippen molar-refractivity contribution in [3.05, 3.63) is 58.0 Å². The van der Waals surface area contributed by atoms with Gasteiger partial charge in [-0.25, -0.2) is 0 Å². The molecule has 3 aromatic rings. The molecule has 0 spiro atoms. The van der Waals surface area contributed by atoms with Gasteiger partial charge in [0.2, 0.25) is 0 Å². The van der Waals surface area contributed by atoms with Gasteiger partial charge in [0.15, 0.2) is 17.1 Å². The second-order valence-corrected chi connectivity index (χ2v) is 5.35. The minimum Gasteiger partial charge on any atom is -0.490 e. The second-order valence-electron chi connectivity index (χ2n) is 5.35. The first-order valence-corrected chi connectivity index (χ1v) is 7.70. The molecule has 1 atom stereocenters. The molecule has 8 nitrogen and oxygen atoms in total. The number of amides is 1. The highest BCUT2D eigenvalue weighted by Crippen LogP contribution is 2.31. The number of benzene rings is 1. The summed E-state index contributed by atoms with van der Waals surface area (Å²) in [5, 5.41) is 14.2. The van der Waals surface area contributed by atoms with Crippen molar-refractivity contribution in [1.82, 2.24) is 5.32 Å². The number of hydrogen-bond acceptors (Lipinski definition) is 6. The van der Waals surface area contributed by atoms with Crippen LogP contribution in [-0.2, 0) is 0 Å². The lowest BCUT2D eigenvalue weighted by atomic mass is 10.2. The summed E-state index contributed by atoms with van der Waals surface area (Å²) < 4.78 is 16.2. The first-order chi connectivity index (χ1) is 12.0. The van der Waals surface area contributed by atoms with Crippen molar-refractivity contribution < 1.29 is 23.3 Å². The van der Waals surface area contributed by atoms with Crippen LogP contribution in [-0.4, -0.2) is 17.4 Å². The van der Waals surface area contributed by atoms with Crippen molar-refractivity contribution in [3.8, 4) is 5.75 Å². The fourth-order valence-electron chi connectivity index (χ4n) is 2.43. The molecule has 8 heteroatoms. The van der Waals surface area contributed by atoms with Gasteiger partial charge >= 0.3 is 5.88 Å². The third kappa shape index (κ3) is 3.32. The van der Waals surface area contributed by atoms with Crippen LogP contribution in [0.5, 0.6) is 5.75 Å². The molecule has 0 aliphatic carbocycles. The van der Waals surface area contributed by atoms with E-state index in [-0.39, 0.29) is 5.76 Å². The van der Waals surface area contributed by atoms with Crippen LogP contribution in [0.25, 0.3) is 11.0 Å². The molecular weight excluding hydrogens is 328 g/mol. The zero-order valence-electron chi connectivity index (χ0n) is 13.6. The number of rotatable bonds is 6. The summed E-state index contributed by atoms with van der Waals surface area (Å²) in [5.41, 5.74) is 0.606. The van der Waals surface area contributed by atoms with Crippen molar-refractivity contribution in [2.45, 2.75) is 19.9 Å². The maximum absolute atomic E-state index is 12.2. The monoisotopic (exact) mass is 344 g/mol. The van der Waals surface area contributed by atoms with Crippen LogP contribution in [0.3, 0.4) is 0 Å². The molecule has 0 radical (unpaired) electrons. The normalized spacial score (nSPS) is 12.1. The number of nitrogens with one attached hydrogen (secondary N) is 1. The van der Waals surface area contributed by atoms with Crippen molar-refractivity contribution in [2.75, 3.05) is 6.61 Å². The van der Waals surface area contributed by atoms with Gasteiger partial charge in [-0.05, 0) is 32.0 Å².